The highest BCUT2D eigenvalue weighted by molar-refractivity contribution is 7.92. The van der Waals surface area contributed by atoms with Gasteiger partial charge >= 0.3 is 0 Å². The molecule has 1 N–H and O–H groups in total. The fourth-order valence-electron chi connectivity index (χ4n) is 3.40. The van der Waals surface area contributed by atoms with Crippen molar-refractivity contribution in [2.24, 2.45) is 0 Å². The summed E-state index contributed by atoms with van der Waals surface area (Å²) in [5, 5.41) is 3.19. The summed E-state index contributed by atoms with van der Waals surface area (Å²) in [6.07, 6.45) is 0. The monoisotopic (exact) mass is 536 g/mol. The summed E-state index contributed by atoms with van der Waals surface area (Å²) in [5.41, 5.74) is 1.84. The molecule has 0 saturated heterocycles. The number of rotatable bonds is 9. The maximum absolute atomic E-state index is 12.9. The van der Waals surface area contributed by atoms with Crippen LogP contribution >= 0.6 is 11.6 Å². The van der Waals surface area contributed by atoms with Crippen LogP contribution in [0.5, 0.6) is 17.2 Å². The standard InChI is InChI=1S/C28H25ClN2O5S/c1-20-8-15-25(16-9-20)37(33,34)31(2)22-11-13-23(14-12-22)35-19-28(32)30-26-18-21(29)10-17-27(26)36-24-6-4-3-5-7-24/h3-18H,19H2,1-2H3,(H,30,32). The molecule has 0 bridgehead atoms. The Hall–Kier alpha value is -4.01. The van der Waals surface area contributed by atoms with Gasteiger partial charge in [-0.05, 0) is 73.7 Å². The zero-order valence-electron chi connectivity index (χ0n) is 20.2. The van der Waals surface area contributed by atoms with Gasteiger partial charge in [0.15, 0.2) is 12.4 Å². The average molecular weight is 537 g/mol. The number of nitrogens with one attached hydrogen (secondary N) is 1. The van der Waals surface area contributed by atoms with Crippen molar-refractivity contribution in [3.05, 3.63) is 108 Å². The number of halogens is 1. The summed E-state index contributed by atoms with van der Waals surface area (Å²) in [6.45, 7) is 1.62. The number of hydrogen-bond donors (Lipinski definition) is 1. The topological polar surface area (TPSA) is 84.9 Å². The summed E-state index contributed by atoms with van der Waals surface area (Å²) >= 11 is 6.11. The second-order valence-corrected chi connectivity index (χ2v) is 10.6. The Morgan fingerprint density at radius 1 is 0.892 bits per heavy atom. The molecule has 37 heavy (non-hydrogen) atoms. The Morgan fingerprint density at radius 3 is 2.24 bits per heavy atom. The Balaban J connectivity index is 1.38. The zero-order valence-corrected chi connectivity index (χ0v) is 21.8. The molecule has 1 amide bonds. The summed E-state index contributed by atoms with van der Waals surface area (Å²) in [7, 11) is -2.22. The maximum Gasteiger partial charge on any atom is 0.264 e. The van der Waals surface area contributed by atoms with Crippen molar-refractivity contribution in [1.29, 1.82) is 0 Å². The molecule has 0 fully saturated rings. The van der Waals surface area contributed by atoms with Gasteiger partial charge in [0.25, 0.3) is 15.9 Å². The molecule has 0 aliphatic carbocycles. The van der Waals surface area contributed by atoms with Crippen LogP contribution in [0.4, 0.5) is 11.4 Å². The number of hydrogen-bond acceptors (Lipinski definition) is 5. The lowest BCUT2D eigenvalue weighted by Crippen LogP contribution is -2.26. The molecule has 4 aromatic carbocycles. The quantitative estimate of drug-likeness (QED) is 0.272. The largest absolute Gasteiger partial charge is 0.484 e. The van der Waals surface area contributed by atoms with E-state index in [1.54, 1.807) is 78.9 Å². The van der Waals surface area contributed by atoms with Crippen molar-refractivity contribution in [2.75, 3.05) is 23.3 Å². The number of carbonyl (C=O) groups is 1. The first-order valence-corrected chi connectivity index (χ1v) is 13.1. The van der Waals surface area contributed by atoms with Crippen molar-refractivity contribution in [3.63, 3.8) is 0 Å². The van der Waals surface area contributed by atoms with Crippen LogP contribution in [0.3, 0.4) is 0 Å². The molecule has 0 spiro atoms. The molecule has 0 heterocycles. The molecule has 0 aromatic heterocycles. The molecule has 9 heteroatoms. The highest BCUT2D eigenvalue weighted by Crippen LogP contribution is 2.32. The summed E-state index contributed by atoms with van der Waals surface area (Å²) in [4.78, 5) is 12.8. The smallest absolute Gasteiger partial charge is 0.264 e. The number of ether oxygens (including phenoxy) is 2. The van der Waals surface area contributed by atoms with E-state index in [1.807, 2.05) is 25.1 Å². The molecule has 0 saturated carbocycles. The first-order valence-electron chi connectivity index (χ1n) is 11.3. The molecule has 7 nitrogen and oxygen atoms in total. The van der Waals surface area contributed by atoms with Gasteiger partial charge in [0, 0.05) is 12.1 Å². The van der Waals surface area contributed by atoms with Crippen LogP contribution in [0.1, 0.15) is 5.56 Å². The molecular weight excluding hydrogens is 512 g/mol. The SMILES string of the molecule is Cc1ccc(S(=O)(=O)N(C)c2ccc(OCC(=O)Nc3cc(Cl)ccc3Oc3ccccc3)cc2)cc1. The van der Waals surface area contributed by atoms with E-state index in [1.165, 1.54) is 11.4 Å². The van der Waals surface area contributed by atoms with Crippen LogP contribution in [0.15, 0.2) is 102 Å². The lowest BCUT2D eigenvalue weighted by Gasteiger charge is -2.20. The number of sulfonamides is 1. The molecule has 0 radical (unpaired) electrons. The minimum absolute atomic E-state index is 0.203. The van der Waals surface area contributed by atoms with Gasteiger partial charge < -0.3 is 14.8 Å². The summed E-state index contributed by atoms with van der Waals surface area (Å²) < 4.78 is 38.5. The number of aryl methyl sites for hydroxylation is 1. The van der Waals surface area contributed by atoms with Crippen molar-refractivity contribution < 1.29 is 22.7 Å². The van der Waals surface area contributed by atoms with E-state index in [-0.39, 0.29) is 11.5 Å². The molecule has 0 aliphatic heterocycles. The van der Waals surface area contributed by atoms with Gasteiger partial charge in [-0.1, -0.05) is 47.5 Å². The lowest BCUT2D eigenvalue weighted by atomic mass is 10.2. The Labute approximate surface area is 221 Å². The van der Waals surface area contributed by atoms with Crippen LogP contribution in [0.2, 0.25) is 5.02 Å². The fourth-order valence-corrected chi connectivity index (χ4v) is 4.77. The number of anilines is 2. The van der Waals surface area contributed by atoms with E-state index in [2.05, 4.69) is 5.32 Å². The van der Waals surface area contributed by atoms with Gasteiger partial charge in [0.05, 0.1) is 16.3 Å². The third-order valence-corrected chi connectivity index (χ3v) is 7.47. The highest BCUT2D eigenvalue weighted by Gasteiger charge is 2.21. The van der Waals surface area contributed by atoms with Gasteiger partial charge in [0.2, 0.25) is 0 Å². The third kappa shape index (κ3) is 6.61. The predicted molar refractivity (Wildman–Crippen MR) is 145 cm³/mol. The molecule has 4 rings (SSSR count). The predicted octanol–water partition coefficient (Wildman–Crippen LogP) is 6.28. The van der Waals surface area contributed by atoms with E-state index in [9.17, 15) is 13.2 Å². The molecule has 4 aromatic rings. The second-order valence-electron chi connectivity index (χ2n) is 8.17. The normalized spacial score (nSPS) is 11.0. The van der Waals surface area contributed by atoms with Crippen LogP contribution in [-0.2, 0) is 14.8 Å². The average Bonchev–Trinajstić information content (AvgIpc) is 2.90. The van der Waals surface area contributed by atoms with Crippen molar-refractivity contribution >= 4 is 38.9 Å². The van der Waals surface area contributed by atoms with Crippen LogP contribution in [-0.4, -0.2) is 28.0 Å². The van der Waals surface area contributed by atoms with Crippen molar-refractivity contribution in [1.82, 2.24) is 0 Å². The van der Waals surface area contributed by atoms with Crippen molar-refractivity contribution in [3.8, 4) is 17.2 Å². The first-order chi connectivity index (χ1) is 17.7. The van der Waals surface area contributed by atoms with Crippen LogP contribution in [0, 0.1) is 6.92 Å². The van der Waals surface area contributed by atoms with E-state index in [0.717, 1.165) is 5.56 Å². The molecule has 190 valence electrons. The van der Waals surface area contributed by atoms with E-state index in [4.69, 9.17) is 21.1 Å². The number of benzene rings is 4. The fraction of sp³-hybridized carbons (Fsp3) is 0.107. The Kier molecular flexibility index (Phi) is 8.01. The van der Waals surface area contributed by atoms with Crippen LogP contribution < -0.4 is 19.1 Å². The minimum Gasteiger partial charge on any atom is -0.484 e. The third-order valence-electron chi connectivity index (χ3n) is 5.44. The van der Waals surface area contributed by atoms with Gasteiger partial charge in [-0.2, -0.15) is 0 Å². The maximum atomic E-state index is 12.9. The lowest BCUT2D eigenvalue weighted by molar-refractivity contribution is -0.118. The summed E-state index contributed by atoms with van der Waals surface area (Å²) in [6, 6.07) is 27.2. The van der Waals surface area contributed by atoms with Gasteiger partial charge in [-0.25, -0.2) is 8.42 Å². The summed E-state index contributed by atoms with van der Waals surface area (Å²) in [5.74, 6) is 1.05. The van der Waals surface area contributed by atoms with Gasteiger partial charge in [0.1, 0.15) is 11.5 Å². The molecule has 0 atom stereocenters. The molecule has 0 unspecified atom stereocenters. The van der Waals surface area contributed by atoms with E-state index < -0.39 is 15.9 Å². The highest BCUT2D eigenvalue weighted by atomic mass is 35.5. The number of para-hydroxylation sites is 1. The minimum atomic E-state index is -3.71. The zero-order chi connectivity index (χ0) is 26.4. The van der Waals surface area contributed by atoms with E-state index >= 15 is 0 Å². The van der Waals surface area contributed by atoms with Gasteiger partial charge in [-0.3, -0.25) is 9.10 Å². The number of nitrogens with zero attached hydrogens (tertiary/aromatic N) is 1. The molecule has 0 aliphatic rings. The first kappa shape index (κ1) is 26.1. The van der Waals surface area contributed by atoms with Crippen LogP contribution in [0.25, 0.3) is 0 Å². The van der Waals surface area contributed by atoms with E-state index in [0.29, 0.717) is 33.6 Å². The van der Waals surface area contributed by atoms with Gasteiger partial charge in [-0.15, -0.1) is 0 Å². The Morgan fingerprint density at radius 2 is 1.57 bits per heavy atom. The second kappa shape index (κ2) is 11.4. The Bertz CT molecular complexity index is 1480. The number of carbonyl (C=O) groups excluding carboxylic acids is 1. The van der Waals surface area contributed by atoms with Crippen molar-refractivity contribution in [2.45, 2.75) is 11.8 Å². The molecular formula is C28H25ClN2O5S. The number of amides is 1.